The molecule has 0 radical (unpaired) electrons. The van der Waals surface area contributed by atoms with Gasteiger partial charge in [0, 0.05) is 23.7 Å². The number of nitrogens with zero attached hydrogens (tertiary/aromatic N) is 3. The molecular formula is C21H26N6S. The van der Waals surface area contributed by atoms with Gasteiger partial charge in [-0.05, 0) is 24.3 Å². The summed E-state index contributed by atoms with van der Waals surface area (Å²) in [4.78, 5) is 0. The molecule has 7 heteroatoms. The molecule has 1 aliphatic carbocycles. The standard InChI is InChI=1S/C21H26N6S/c1-13(2)19-17-11-15(8-9-18(17)24-25-19)20-26-27-21(28-20)23-16(12-22)10-14-6-4-3-5-7-14/h3-7,9,11,13,15-16,24H,8,10,12,22H2,1-2H3,(H,23,27)/t15?,16-/m1/s1. The quantitative estimate of drug-likeness (QED) is 0.571. The summed E-state index contributed by atoms with van der Waals surface area (Å²) in [5.74, 6) is 0.624. The normalized spacial score (nSPS) is 16.9. The minimum absolute atomic E-state index is 0.137. The van der Waals surface area contributed by atoms with Gasteiger partial charge in [-0.2, -0.15) is 5.10 Å². The van der Waals surface area contributed by atoms with Crippen molar-refractivity contribution in [2.24, 2.45) is 5.73 Å². The molecule has 1 unspecified atom stereocenters. The number of hydrogen-bond acceptors (Lipinski definition) is 6. The molecule has 0 spiro atoms. The highest BCUT2D eigenvalue weighted by atomic mass is 32.1. The maximum Gasteiger partial charge on any atom is 0.205 e. The molecule has 28 heavy (non-hydrogen) atoms. The number of aromatic nitrogens is 4. The van der Waals surface area contributed by atoms with Gasteiger partial charge >= 0.3 is 0 Å². The van der Waals surface area contributed by atoms with Gasteiger partial charge in [-0.25, -0.2) is 0 Å². The molecule has 1 aromatic carbocycles. The summed E-state index contributed by atoms with van der Waals surface area (Å²) < 4.78 is 0. The van der Waals surface area contributed by atoms with Crippen LogP contribution in [0.4, 0.5) is 5.13 Å². The number of benzene rings is 1. The maximum absolute atomic E-state index is 5.98. The lowest BCUT2D eigenvalue weighted by Crippen LogP contribution is -2.30. The van der Waals surface area contributed by atoms with Crippen molar-refractivity contribution >= 4 is 28.6 Å². The van der Waals surface area contributed by atoms with Crippen LogP contribution in [0.2, 0.25) is 0 Å². The third-order valence-electron chi connectivity index (χ3n) is 5.05. The Hall–Kier alpha value is -2.51. The van der Waals surface area contributed by atoms with Gasteiger partial charge in [0.1, 0.15) is 5.01 Å². The van der Waals surface area contributed by atoms with Crippen LogP contribution < -0.4 is 21.6 Å². The Balaban J connectivity index is 1.50. The Morgan fingerprint density at radius 3 is 2.82 bits per heavy atom. The fourth-order valence-electron chi connectivity index (χ4n) is 3.55. The molecule has 0 saturated heterocycles. The first kappa shape index (κ1) is 18.8. The largest absolute Gasteiger partial charge is 0.356 e. The number of nitrogens with one attached hydrogen (secondary N) is 2. The van der Waals surface area contributed by atoms with E-state index >= 15 is 0 Å². The van der Waals surface area contributed by atoms with Crippen LogP contribution in [0.15, 0.2) is 30.3 Å². The van der Waals surface area contributed by atoms with Crippen molar-refractivity contribution in [1.82, 2.24) is 20.4 Å². The number of aromatic amines is 1. The second-order valence-corrected chi connectivity index (χ2v) is 8.53. The highest BCUT2D eigenvalue weighted by molar-refractivity contribution is 7.15. The molecule has 0 fully saturated rings. The fraction of sp³-hybridized carbons (Fsp3) is 0.381. The molecule has 3 aromatic rings. The first-order valence-corrected chi connectivity index (χ1v) is 10.6. The van der Waals surface area contributed by atoms with E-state index < -0.39 is 0 Å². The van der Waals surface area contributed by atoms with Crippen LogP contribution in [0.3, 0.4) is 0 Å². The van der Waals surface area contributed by atoms with Gasteiger partial charge in [0.15, 0.2) is 0 Å². The van der Waals surface area contributed by atoms with Crippen LogP contribution in [-0.4, -0.2) is 33.0 Å². The Morgan fingerprint density at radius 1 is 1.25 bits per heavy atom. The zero-order chi connectivity index (χ0) is 19.5. The molecule has 0 amide bonds. The second kappa shape index (κ2) is 8.24. The van der Waals surface area contributed by atoms with E-state index in [1.165, 1.54) is 10.8 Å². The van der Waals surface area contributed by atoms with Crippen molar-refractivity contribution in [1.29, 1.82) is 0 Å². The molecular weight excluding hydrogens is 368 g/mol. The number of H-pyrrole nitrogens is 1. The van der Waals surface area contributed by atoms with E-state index in [1.807, 2.05) is 6.07 Å². The Labute approximate surface area is 168 Å². The predicted octanol–water partition coefficient (Wildman–Crippen LogP) is 2.12. The molecule has 2 atom stereocenters. The smallest absolute Gasteiger partial charge is 0.205 e. The van der Waals surface area contributed by atoms with Crippen LogP contribution in [0.1, 0.15) is 48.4 Å². The van der Waals surface area contributed by atoms with Crippen molar-refractivity contribution in [2.45, 2.75) is 44.6 Å². The number of fused-ring (bicyclic) bond motifs is 1. The molecule has 2 heterocycles. The van der Waals surface area contributed by atoms with Gasteiger partial charge < -0.3 is 11.1 Å². The molecule has 0 aliphatic heterocycles. The monoisotopic (exact) mass is 394 g/mol. The minimum atomic E-state index is 0.137. The van der Waals surface area contributed by atoms with Crippen molar-refractivity contribution in [3.05, 3.63) is 57.2 Å². The second-order valence-electron chi connectivity index (χ2n) is 7.52. The Kier molecular flexibility index (Phi) is 5.54. The SMILES string of the molecule is CC(C)c1n[nH]c2c1=CC(c1nnc(N[C@@H](CN)Cc3ccccc3)s1)CC=2. The van der Waals surface area contributed by atoms with Gasteiger partial charge in [0.25, 0.3) is 0 Å². The van der Waals surface area contributed by atoms with E-state index in [9.17, 15) is 0 Å². The lowest BCUT2D eigenvalue weighted by atomic mass is 9.98. The van der Waals surface area contributed by atoms with Gasteiger partial charge in [-0.15, -0.1) is 10.2 Å². The van der Waals surface area contributed by atoms with Gasteiger partial charge in [-0.3, -0.25) is 5.10 Å². The molecule has 1 aliphatic rings. The van der Waals surface area contributed by atoms with Crippen LogP contribution in [0.25, 0.3) is 12.2 Å². The topological polar surface area (TPSA) is 92.5 Å². The highest BCUT2D eigenvalue weighted by Gasteiger charge is 2.19. The van der Waals surface area contributed by atoms with E-state index in [0.29, 0.717) is 12.5 Å². The Bertz CT molecular complexity index is 1040. The van der Waals surface area contributed by atoms with Crippen molar-refractivity contribution < 1.29 is 0 Å². The van der Waals surface area contributed by atoms with Crippen molar-refractivity contribution in [2.75, 3.05) is 11.9 Å². The first-order valence-electron chi connectivity index (χ1n) is 9.74. The average Bonchev–Trinajstić information content (AvgIpc) is 3.34. The zero-order valence-corrected chi connectivity index (χ0v) is 17.0. The fourth-order valence-corrected chi connectivity index (χ4v) is 4.45. The maximum atomic E-state index is 5.98. The molecule has 0 bridgehead atoms. The van der Waals surface area contributed by atoms with Crippen LogP contribution in [0, 0.1) is 0 Å². The molecule has 4 rings (SSSR count). The summed E-state index contributed by atoms with van der Waals surface area (Å²) in [6.45, 7) is 4.88. The predicted molar refractivity (Wildman–Crippen MR) is 115 cm³/mol. The molecule has 4 N–H and O–H groups in total. The van der Waals surface area contributed by atoms with Gasteiger partial charge in [0.05, 0.1) is 11.0 Å². The number of anilines is 1. The van der Waals surface area contributed by atoms with Crippen LogP contribution in [-0.2, 0) is 6.42 Å². The lowest BCUT2D eigenvalue weighted by Gasteiger charge is -2.15. The van der Waals surface area contributed by atoms with E-state index in [-0.39, 0.29) is 12.0 Å². The number of hydrogen-bond donors (Lipinski definition) is 3. The molecule has 146 valence electrons. The van der Waals surface area contributed by atoms with E-state index in [0.717, 1.165) is 34.0 Å². The molecule has 6 nitrogen and oxygen atoms in total. The van der Waals surface area contributed by atoms with E-state index in [4.69, 9.17) is 5.73 Å². The number of nitrogens with two attached hydrogens (primary N) is 1. The summed E-state index contributed by atoms with van der Waals surface area (Å²) in [5, 5.41) is 24.1. The summed E-state index contributed by atoms with van der Waals surface area (Å²) in [7, 11) is 0. The third kappa shape index (κ3) is 4.00. The Morgan fingerprint density at radius 2 is 2.07 bits per heavy atom. The van der Waals surface area contributed by atoms with Crippen molar-refractivity contribution in [3.63, 3.8) is 0 Å². The highest BCUT2D eigenvalue weighted by Crippen LogP contribution is 2.29. The van der Waals surface area contributed by atoms with Gasteiger partial charge in [0.2, 0.25) is 5.13 Å². The average molecular weight is 395 g/mol. The number of rotatable bonds is 7. The van der Waals surface area contributed by atoms with E-state index in [1.54, 1.807) is 11.3 Å². The van der Waals surface area contributed by atoms with Gasteiger partial charge in [-0.1, -0.05) is 67.7 Å². The van der Waals surface area contributed by atoms with E-state index in [2.05, 4.69) is 76.0 Å². The van der Waals surface area contributed by atoms with Crippen LogP contribution >= 0.6 is 11.3 Å². The summed E-state index contributed by atoms with van der Waals surface area (Å²) in [5.41, 5.74) is 8.36. The van der Waals surface area contributed by atoms with Crippen molar-refractivity contribution in [3.8, 4) is 0 Å². The summed E-state index contributed by atoms with van der Waals surface area (Å²) >= 11 is 1.61. The first-order chi connectivity index (χ1) is 13.6. The summed E-state index contributed by atoms with van der Waals surface area (Å²) in [6.07, 6.45) is 6.27. The summed E-state index contributed by atoms with van der Waals surface area (Å²) in [6, 6.07) is 10.5. The van der Waals surface area contributed by atoms with Crippen LogP contribution in [0.5, 0.6) is 0 Å². The lowest BCUT2D eigenvalue weighted by molar-refractivity contribution is 0.720. The minimum Gasteiger partial charge on any atom is -0.356 e. The third-order valence-corrected chi connectivity index (χ3v) is 6.03. The zero-order valence-electron chi connectivity index (χ0n) is 16.2. The molecule has 0 saturated carbocycles. The molecule has 2 aromatic heterocycles.